The van der Waals surface area contributed by atoms with Gasteiger partial charge < -0.3 is 5.32 Å². The molecule has 1 nitrogen and oxygen atoms in total. The van der Waals surface area contributed by atoms with Gasteiger partial charge in [-0.1, -0.05) is 35.0 Å². The summed E-state index contributed by atoms with van der Waals surface area (Å²) < 4.78 is 1.14. The molecule has 1 rings (SSSR count). The summed E-state index contributed by atoms with van der Waals surface area (Å²) in [5, 5.41) is 3.57. The summed E-state index contributed by atoms with van der Waals surface area (Å²) in [6.07, 6.45) is 3.35. The third kappa shape index (κ3) is 5.05. The molecule has 0 bridgehead atoms. The van der Waals surface area contributed by atoms with Crippen molar-refractivity contribution in [2.24, 2.45) is 0 Å². The standard InChI is InChI=1S/C12H18BrNS/c1-3-12(9-15-2)14-8-10-4-6-11(13)7-5-10/h4-7,12,14H,3,8-9H2,1-2H3. The summed E-state index contributed by atoms with van der Waals surface area (Å²) >= 11 is 5.34. The number of hydrogen-bond donors (Lipinski definition) is 1. The van der Waals surface area contributed by atoms with Crippen molar-refractivity contribution >= 4 is 27.7 Å². The Morgan fingerprint density at radius 1 is 1.33 bits per heavy atom. The van der Waals surface area contributed by atoms with Crippen molar-refractivity contribution in [3.05, 3.63) is 34.3 Å². The molecule has 0 fully saturated rings. The van der Waals surface area contributed by atoms with Crippen molar-refractivity contribution in [2.75, 3.05) is 12.0 Å². The zero-order chi connectivity index (χ0) is 11.1. The highest BCUT2D eigenvalue weighted by atomic mass is 79.9. The van der Waals surface area contributed by atoms with Gasteiger partial charge in [0.25, 0.3) is 0 Å². The van der Waals surface area contributed by atoms with Crippen LogP contribution in [0.15, 0.2) is 28.7 Å². The minimum Gasteiger partial charge on any atom is -0.309 e. The number of hydrogen-bond acceptors (Lipinski definition) is 2. The minimum absolute atomic E-state index is 0.628. The van der Waals surface area contributed by atoms with Gasteiger partial charge in [-0.05, 0) is 30.4 Å². The van der Waals surface area contributed by atoms with Crippen molar-refractivity contribution in [3.8, 4) is 0 Å². The van der Waals surface area contributed by atoms with Crippen LogP contribution in [0, 0.1) is 0 Å². The van der Waals surface area contributed by atoms with Crippen LogP contribution in [0.1, 0.15) is 18.9 Å². The molecule has 0 saturated carbocycles. The van der Waals surface area contributed by atoms with Crippen molar-refractivity contribution in [1.29, 1.82) is 0 Å². The second-order valence-corrected chi connectivity index (χ2v) is 5.39. The van der Waals surface area contributed by atoms with E-state index in [9.17, 15) is 0 Å². The molecule has 15 heavy (non-hydrogen) atoms. The van der Waals surface area contributed by atoms with Crippen molar-refractivity contribution < 1.29 is 0 Å². The Morgan fingerprint density at radius 2 is 2.00 bits per heavy atom. The van der Waals surface area contributed by atoms with Crippen LogP contribution >= 0.6 is 27.7 Å². The van der Waals surface area contributed by atoms with Crippen LogP contribution < -0.4 is 5.32 Å². The third-order valence-electron chi connectivity index (χ3n) is 2.37. The molecule has 0 aliphatic rings. The largest absolute Gasteiger partial charge is 0.309 e. The van der Waals surface area contributed by atoms with Gasteiger partial charge in [0.2, 0.25) is 0 Å². The first-order valence-electron chi connectivity index (χ1n) is 5.23. The Bertz CT molecular complexity index is 273. The molecule has 0 saturated heterocycles. The molecule has 1 unspecified atom stereocenters. The molecule has 1 aromatic carbocycles. The van der Waals surface area contributed by atoms with Gasteiger partial charge in [0.1, 0.15) is 0 Å². The maximum atomic E-state index is 3.57. The van der Waals surface area contributed by atoms with Crippen LogP contribution in [0.3, 0.4) is 0 Å². The van der Waals surface area contributed by atoms with Gasteiger partial charge in [-0.15, -0.1) is 0 Å². The van der Waals surface area contributed by atoms with Crippen LogP contribution in [0.5, 0.6) is 0 Å². The molecule has 1 N–H and O–H groups in total. The highest BCUT2D eigenvalue weighted by Crippen LogP contribution is 2.11. The Labute approximate surface area is 105 Å². The van der Waals surface area contributed by atoms with E-state index in [2.05, 4.69) is 58.7 Å². The number of halogens is 1. The molecule has 0 aliphatic heterocycles. The van der Waals surface area contributed by atoms with Gasteiger partial charge in [0, 0.05) is 22.8 Å². The van der Waals surface area contributed by atoms with Crippen LogP contribution in [0.25, 0.3) is 0 Å². The van der Waals surface area contributed by atoms with Gasteiger partial charge in [0.15, 0.2) is 0 Å². The van der Waals surface area contributed by atoms with Crippen molar-refractivity contribution in [3.63, 3.8) is 0 Å². The molecular weight excluding hydrogens is 270 g/mol. The predicted octanol–water partition coefficient (Wildman–Crippen LogP) is 3.68. The molecule has 0 amide bonds. The summed E-state index contributed by atoms with van der Waals surface area (Å²) in [5.41, 5.74) is 1.35. The van der Waals surface area contributed by atoms with Gasteiger partial charge >= 0.3 is 0 Å². The second-order valence-electron chi connectivity index (χ2n) is 3.57. The normalized spacial score (nSPS) is 12.7. The number of nitrogens with one attached hydrogen (secondary N) is 1. The molecular formula is C12H18BrNS. The van der Waals surface area contributed by atoms with Gasteiger partial charge in [-0.3, -0.25) is 0 Å². The molecule has 0 aliphatic carbocycles. The Hall–Kier alpha value is 0.01000. The summed E-state index contributed by atoms with van der Waals surface area (Å²) in [5.74, 6) is 1.19. The molecule has 1 aromatic rings. The summed E-state index contributed by atoms with van der Waals surface area (Å²) in [6.45, 7) is 3.20. The van der Waals surface area contributed by atoms with Crippen LogP contribution in [0.2, 0.25) is 0 Å². The van der Waals surface area contributed by atoms with E-state index in [-0.39, 0.29) is 0 Å². The lowest BCUT2D eigenvalue weighted by atomic mass is 10.2. The molecule has 1 atom stereocenters. The zero-order valence-corrected chi connectivity index (χ0v) is 11.7. The number of benzene rings is 1. The van der Waals surface area contributed by atoms with E-state index >= 15 is 0 Å². The van der Waals surface area contributed by atoms with E-state index < -0.39 is 0 Å². The summed E-state index contributed by atoms with van der Waals surface area (Å²) in [4.78, 5) is 0. The average molecular weight is 288 g/mol. The first kappa shape index (κ1) is 13.1. The SMILES string of the molecule is CCC(CSC)NCc1ccc(Br)cc1. The first-order valence-corrected chi connectivity index (χ1v) is 7.41. The molecule has 0 radical (unpaired) electrons. The highest BCUT2D eigenvalue weighted by molar-refractivity contribution is 9.10. The Morgan fingerprint density at radius 3 is 2.53 bits per heavy atom. The average Bonchev–Trinajstić information content (AvgIpc) is 2.26. The zero-order valence-electron chi connectivity index (χ0n) is 9.29. The maximum absolute atomic E-state index is 3.57. The maximum Gasteiger partial charge on any atom is 0.0208 e. The smallest absolute Gasteiger partial charge is 0.0208 e. The van der Waals surface area contributed by atoms with E-state index in [4.69, 9.17) is 0 Å². The Balaban J connectivity index is 2.38. The van der Waals surface area contributed by atoms with E-state index in [1.807, 2.05) is 11.8 Å². The van der Waals surface area contributed by atoms with Crippen LogP contribution in [-0.4, -0.2) is 18.1 Å². The van der Waals surface area contributed by atoms with Gasteiger partial charge in [-0.25, -0.2) is 0 Å². The molecule has 3 heteroatoms. The quantitative estimate of drug-likeness (QED) is 0.857. The van der Waals surface area contributed by atoms with E-state index in [1.54, 1.807) is 0 Å². The molecule has 0 spiro atoms. The fraction of sp³-hybridized carbons (Fsp3) is 0.500. The number of thioether (sulfide) groups is 1. The second kappa shape index (κ2) is 7.31. The summed E-state index contributed by atoms with van der Waals surface area (Å²) in [7, 11) is 0. The lowest BCUT2D eigenvalue weighted by Crippen LogP contribution is -2.30. The van der Waals surface area contributed by atoms with Gasteiger partial charge in [-0.2, -0.15) is 11.8 Å². The topological polar surface area (TPSA) is 12.0 Å². The lowest BCUT2D eigenvalue weighted by Gasteiger charge is -2.15. The monoisotopic (exact) mass is 287 g/mol. The lowest BCUT2D eigenvalue weighted by molar-refractivity contribution is 0.541. The molecule has 0 heterocycles. The first-order chi connectivity index (χ1) is 7.26. The Kier molecular flexibility index (Phi) is 6.37. The highest BCUT2D eigenvalue weighted by Gasteiger charge is 2.03. The fourth-order valence-electron chi connectivity index (χ4n) is 1.39. The fourth-order valence-corrected chi connectivity index (χ4v) is 2.41. The molecule has 84 valence electrons. The minimum atomic E-state index is 0.628. The van der Waals surface area contributed by atoms with Crippen LogP contribution in [0.4, 0.5) is 0 Å². The van der Waals surface area contributed by atoms with Crippen molar-refractivity contribution in [2.45, 2.75) is 25.9 Å². The third-order valence-corrected chi connectivity index (χ3v) is 3.63. The van der Waals surface area contributed by atoms with Gasteiger partial charge in [0.05, 0.1) is 0 Å². The van der Waals surface area contributed by atoms with Crippen LogP contribution in [-0.2, 0) is 6.54 Å². The van der Waals surface area contributed by atoms with E-state index in [0.29, 0.717) is 6.04 Å². The van der Waals surface area contributed by atoms with E-state index in [1.165, 1.54) is 17.7 Å². The molecule has 0 aromatic heterocycles. The predicted molar refractivity (Wildman–Crippen MR) is 73.4 cm³/mol. The number of rotatable bonds is 6. The van der Waals surface area contributed by atoms with E-state index in [0.717, 1.165) is 11.0 Å². The van der Waals surface area contributed by atoms with Crippen molar-refractivity contribution in [1.82, 2.24) is 5.32 Å². The summed E-state index contributed by atoms with van der Waals surface area (Å²) in [6, 6.07) is 9.12.